The third-order valence-corrected chi connectivity index (χ3v) is 7.08. The number of hydrogen-bond donors (Lipinski definition) is 1. The Balaban J connectivity index is 1.34. The molecule has 7 heteroatoms. The molecule has 2 aromatic carbocycles. The van der Waals surface area contributed by atoms with Crippen LogP contribution in [-0.2, 0) is 0 Å². The van der Waals surface area contributed by atoms with E-state index in [4.69, 9.17) is 11.6 Å². The molecule has 0 spiro atoms. The Morgan fingerprint density at radius 2 is 1.90 bits per heavy atom. The van der Waals surface area contributed by atoms with Crippen LogP contribution in [0.3, 0.4) is 0 Å². The molecule has 31 heavy (non-hydrogen) atoms. The average Bonchev–Trinajstić information content (AvgIpc) is 3.37. The second kappa shape index (κ2) is 8.52. The summed E-state index contributed by atoms with van der Waals surface area (Å²) >= 11 is 6.34. The largest absolute Gasteiger partial charge is 0.632 e. The van der Waals surface area contributed by atoms with Crippen molar-refractivity contribution in [2.45, 2.75) is 18.8 Å². The molecule has 0 bridgehead atoms. The normalized spacial score (nSPS) is 23.1. The highest BCUT2D eigenvalue weighted by atomic mass is 35.5. The van der Waals surface area contributed by atoms with Crippen LogP contribution in [0.25, 0.3) is 16.6 Å². The van der Waals surface area contributed by atoms with Crippen molar-refractivity contribution in [3.63, 3.8) is 0 Å². The molecular weight excluding hydrogens is 415 g/mol. The number of fused-ring (bicyclic) bond motifs is 1. The van der Waals surface area contributed by atoms with Gasteiger partial charge in [-0.05, 0) is 79.9 Å². The van der Waals surface area contributed by atoms with Crippen molar-refractivity contribution in [1.82, 2.24) is 14.8 Å². The summed E-state index contributed by atoms with van der Waals surface area (Å²) in [6.45, 7) is 5.58. The van der Waals surface area contributed by atoms with Crippen molar-refractivity contribution in [3.05, 3.63) is 70.3 Å². The van der Waals surface area contributed by atoms with Crippen LogP contribution in [0.5, 0.6) is 0 Å². The zero-order valence-corrected chi connectivity index (χ0v) is 18.3. The Morgan fingerprint density at radius 1 is 1.13 bits per heavy atom. The molecule has 0 radical (unpaired) electrons. The van der Waals surface area contributed by atoms with Crippen molar-refractivity contribution in [2.24, 2.45) is 0 Å². The van der Waals surface area contributed by atoms with Gasteiger partial charge in [-0.15, -0.1) is 0 Å². The van der Waals surface area contributed by atoms with Crippen molar-refractivity contribution < 1.29 is 9.04 Å². The first kappa shape index (κ1) is 20.9. The van der Waals surface area contributed by atoms with Crippen molar-refractivity contribution >= 4 is 22.5 Å². The maximum atomic E-state index is 13.4. The van der Waals surface area contributed by atoms with E-state index in [1.54, 1.807) is 0 Å². The summed E-state index contributed by atoms with van der Waals surface area (Å²) in [7, 11) is 0. The number of benzene rings is 2. The molecule has 2 fully saturated rings. The van der Waals surface area contributed by atoms with E-state index in [0.29, 0.717) is 25.7 Å². The summed E-state index contributed by atoms with van der Waals surface area (Å²) in [6, 6.07) is 12.6. The number of nitrogens with zero attached hydrogens (tertiary/aromatic N) is 3. The van der Waals surface area contributed by atoms with E-state index in [0.717, 1.165) is 55.2 Å². The van der Waals surface area contributed by atoms with Crippen LogP contribution in [-0.4, -0.2) is 60.1 Å². The van der Waals surface area contributed by atoms with Gasteiger partial charge in [0.05, 0.1) is 25.2 Å². The highest BCUT2D eigenvalue weighted by molar-refractivity contribution is 6.31. The third kappa shape index (κ3) is 4.36. The maximum Gasteiger partial charge on any atom is 0.132 e. The SMILES string of the molecule is [O-][N+]1(CCN2CCC(c3cn(-c4ccc(F)cc4)c4ccc(Cl)cc34)CC2)CCNC1. The van der Waals surface area contributed by atoms with Crippen LogP contribution in [0.1, 0.15) is 24.3 Å². The van der Waals surface area contributed by atoms with Gasteiger partial charge in [-0.25, -0.2) is 4.39 Å². The number of nitrogens with one attached hydrogen (secondary N) is 1. The van der Waals surface area contributed by atoms with Gasteiger partial charge >= 0.3 is 0 Å². The van der Waals surface area contributed by atoms with E-state index in [9.17, 15) is 9.60 Å². The van der Waals surface area contributed by atoms with Crippen LogP contribution in [0.15, 0.2) is 48.7 Å². The number of quaternary nitrogens is 1. The summed E-state index contributed by atoms with van der Waals surface area (Å²) in [6.07, 6.45) is 4.32. The van der Waals surface area contributed by atoms with Gasteiger partial charge in [0.15, 0.2) is 0 Å². The fourth-order valence-corrected chi connectivity index (χ4v) is 5.17. The minimum atomic E-state index is -0.234. The second-order valence-electron chi connectivity index (χ2n) is 8.87. The monoisotopic (exact) mass is 442 g/mol. The lowest BCUT2D eigenvalue weighted by molar-refractivity contribution is -0.868. The lowest BCUT2D eigenvalue weighted by atomic mass is 9.89. The molecule has 3 heterocycles. The highest BCUT2D eigenvalue weighted by Crippen LogP contribution is 2.37. The van der Waals surface area contributed by atoms with Gasteiger partial charge in [0, 0.05) is 28.8 Å². The standard InChI is InChI=1S/C24H28ClFN4O/c25-19-1-6-24-22(15-19)23(16-29(24)21-4-2-20(26)3-5-21)18-7-10-28(11-8-18)12-14-30(31)13-9-27-17-30/h1-6,15-16,18,27H,7-14,17H2. The Morgan fingerprint density at radius 3 is 2.61 bits per heavy atom. The van der Waals surface area contributed by atoms with E-state index in [1.165, 1.54) is 23.1 Å². The van der Waals surface area contributed by atoms with E-state index >= 15 is 0 Å². The molecule has 0 aliphatic carbocycles. The topological polar surface area (TPSA) is 43.3 Å². The molecule has 164 valence electrons. The van der Waals surface area contributed by atoms with Crippen LogP contribution in [0.2, 0.25) is 5.02 Å². The number of halogens is 2. The summed E-state index contributed by atoms with van der Waals surface area (Å²) < 4.78 is 15.5. The van der Waals surface area contributed by atoms with Gasteiger partial charge < -0.3 is 14.4 Å². The zero-order valence-electron chi connectivity index (χ0n) is 17.6. The van der Waals surface area contributed by atoms with E-state index in [2.05, 4.69) is 21.0 Å². The minimum absolute atomic E-state index is 0.108. The molecule has 1 unspecified atom stereocenters. The highest BCUT2D eigenvalue weighted by Gasteiger charge is 2.27. The van der Waals surface area contributed by atoms with E-state index < -0.39 is 0 Å². The molecule has 2 saturated heterocycles. The summed E-state index contributed by atoms with van der Waals surface area (Å²) in [5.74, 6) is 0.213. The molecule has 1 atom stereocenters. The smallest absolute Gasteiger partial charge is 0.132 e. The Labute approximate surface area is 187 Å². The number of piperidine rings is 1. The van der Waals surface area contributed by atoms with Gasteiger partial charge in [0.1, 0.15) is 12.5 Å². The Bertz CT molecular complexity index is 1050. The number of hydrogen-bond acceptors (Lipinski definition) is 3. The molecule has 0 amide bonds. The number of likely N-dealkylation sites (tertiary alicyclic amines) is 1. The second-order valence-corrected chi connectivity index (χ2v) is 9.31. The van der Waals surface area contributed by atoms with Crippen LogP contribution in [0, 0.1) is 11.0 Å². The molecule has 5 nitrogen and oxygen atoms in total. The summed E-state index contributed by atoms with van der Waals surface area (Å²) in [5.41, 5.74) is 3.34. The van der Waals surface area contributed by atoms with Crippen molar-refractivity contribution in [3.8, 4) is 5.69 Å². The number of aromatic nitrogens is 1. The van der Waals surface area contributed by atoms with Crippen LogP contribution in [0.4, 0.5) is 4.39 Å². The molecule has 1 N–H and O–H groups in total. The van der Waals surface area contributed by atoms with Crippen LogP contribution >= 0.6 is 11.6 Å². The zero-order chi connectivity index (χ0) is 21.4. The first-order valence-electron chi connectivity index (χ1n) is 11.1. The van der Waals surface area contributed by atoms with Crippen molar-refractivity contribution in [1.29, 1.82) is 0 Å². The molecule has 2 aliphatic heterocycles. The van der Waals surface area contributed by atoms with Gasteiger partial charge in [0.25, 0.3) is 0 Å². The molecule has 0 saturated carbocycles. The van der Waals surface area contributed by atoms with Crippen molar-refractivity contribution in [2.75, 3.05) is 45.9 Å². The van der Waals surface area contributed by atoms with Gasteiger partial charge in [-0.1, -0.05) is 11.6 Å². The van der Waals surface area contributed by atoms with Gasteiger partial charge in [-0.2, -0.15) is 0 Å². The lowest BCUT2D eigenvalue weighted by Gasteiger charge is -2.40. The summed E-state index contributed by atoms with van der Waals surface area (Å²) in [5, 5.41) is 17.7. The fourth-order valence-electron chi connectivity index (χ4n) is 5.00. The maximum absolute atomic E-state index is 13.4. The molecule has 1 aromatic heterocycles. The first-order chi connectivity index (χ1) is 15.0. The van der Waals surface area contributed by atoms with Gasteiger partial charge in [0.2, 0.25) is 0 Å². The molecule has 2 aliphatic rings. The fraction of sp³-hybridized carbons (Fsp3) is 0.417. The quantitative estimate of drug-likeness (QED) is 0.468. The Hall–Kier alpha value is -1.96. The first-order valence-corrected chi connectivity index (χ1v) is 11.5. The molecular formula is C24H28ClFN4O. The van der Waals surface area contributed by atoms with E-state index in [-0.39, 0.29) is 10.5 Å². The predicted octanol–water partition coefficient (Wildman–Crippen LogP) is 4.48. The summed E-state index contributed by atoms with van der Waals surface area (Å²) in [4.78, 5) is 2.43. The third-order valence-electron chi connectivity index (χ3n) is 6.85. The predicted molar refractivity (Wildman–Crippen MR) is 123 cm³/mol. The van der Waals surface area contributed by atoms with Gasteiger partial charge in [-0.3, -0.25) is 10.2 Å². The number of rotatable bonds is 5. The minimum Gasteiger partial charge on any atom is -0.632 e. The molecule has 5 rings (SSSR count). The lowest BCUT2D eigenvalue weighted by Crippen LogP contribution is -2.47. The average molecular weight is 443 g/mol. The van der Waals surface area contributed by atoms with E-state index in [1.807, 2.05) is 30.3 Å². The Kier molecular flexibility index (Phi) is 5.75. The van der Waals surface area contributed by atoms with Crippen LogP contribution < -0.4 is 5.32 Å². The number of hydroxylamine groups is 3. The molecule has 3 aromatic rings.